The van der Waals surface area contributed by atoms with Crippen LogP contribution in [0.1, 0.15) is 37.1 Å². The molecule has 1 amide bonds. The average Bonchev–Trinajstić information content (AvgIpc) is 2.48. The summed E-state index contributed by atoms with van der Waals surface area (Å²) >= 11 is 0. The number of carbonyl (C=O) groups excluding carboxylic acids is 1. The lowest BCUT2D eigenvalue weighted by Gasteiger charge is -2.28. The number of rotatable bonds is 4. The fourth-order valence-corrected chi connectivity index (χ4v) is 2.77. The monoisotopic (exact) mass is 277 g/mol. The molecule has 0 bridgehead atoms. The maximum atomic E-state index is 12.1. The van der Waals surface area contributed by atoms with E-state index < -0.39 is 0 Å². The topological polar surface area (TPSA) is 54.3 Å². The molecule has 0 radical (unpaired) electrons. The summed E-state index contributed by atoms with van der Waals surface area (Å²) in [6.45, 7) is 2.72. The van der Waals surface area contributed by atoms with Crippen molar-refractivity contribution in [2.45, 2.75) is 38.8 Å². The molecule has 0 spiro atoms. The molecule has 1 aliphatic carbocycles. The summed E-state index contributed by atoms with van der Waals surface area (Å²) in [6, 6.07) is 3.76. The molecule has 0 aromatic carbocycles. The Morgan fingerprint density at radius 1 is 1.50 bits per heavy atom. The zero-order chi connectivity index (χ0) is 14.7. The van der Waals surface area contributed by atoms with Crippen LogP contribution in [0.4, 0.5) is 0 Å². The van der Waals surface area contributed by atoms with E-state index in [4.69, 9.17) is 0 Å². The van der Waals surface area contributed by atoms with E-state index in [9.17, 15) is 9.59 Å². The summed E-state index contributed by atoms with van der Waals surface area (Å²) < 4.78 is 1.65. The van der Waals surface area contributed by atoms with Crippen LogP contribution in [0.25, 0.3) is 0 Å². The molecule has 1 aliphatic rings. The number of hydrogen-bond donors (Lipinski definition) is 1. The number of aromatic nitrogens is 1. The Labute approximate surface area is 119 Å². The van der Waals surface area contributed by atoms with Gasteiger partial charge in [-0.2, -0.15) is 0 Å². The maximum absolute atomic E-state index is 12.1. The van der Waals surface area contributed by atoms with Crippen molar-refractivity contribution < 1.29 is 4.79 Å². The van der Waals surface area contributed by atoms with Crippen molar-refractivity contribution in [1.82, 2.24) is 14.8 Å². The van der Waals surface area contributed by atoms with Gasteiger partial charge in [0.2, 0.25) is 5.91 Å². The molecular weight excluding hydrogens is 254 g/mol. The minimum absolute atomic E-state index is 0.0189. The molecule has 1 aromatic heterocycles. The van der Waals surface area contributed by atoms with Gasteiger partial charge in [-0.05, 0) is 38.8 Å². The van der Waals surface area contributed by atoms with Crippen molar-refractivity contribution >= 4 is 5.91 Å². The van der Waals surface area contributed by atoms with Crippen LogP contribution in [0.15, 0.2) is 16.9 Å². The first kappa shape index (κ1) is 14.8. The third-order valence-electron chi connectivity index (χ3n) is 4.15. The number of nitrogens with one attached hydrogen (secondary N) is 1. The first-order chi connectivity index (χ1) is 9.58. The van der Waals surface area contributed by atoms with Gasteiger partial charge in [0.15, 0.2) is 0 Å². The van der Waals surface area contributed by atoms with Crippen molar-refractivity contribution in [2.75, 3.05) is 20.6 Å². The minimum Gasteiger partial charge on any atom is -0.344 e. The number of amides is 1. The Balaban J connectivity index is 2.38. The van der Waals surface area contributed by atoms with E-state index in [0.717, 1.165) is 30.5 Å². The predicted octanol–water partition coefficient (Wildman–Crippen LogP) is 0.923. The molecule has 5 heteroatoms. The second-order valence-electron chi connectivity index (χ2n) is 5.30. The molecule has 20 heavy (non-hydrogen) atoms. The average molecular weight is 277 g/mol. The van der Waals surface area contributed by atoms with Gasteiger partial charge in [0.1, 0.15) is 6.54 Å². The van der Waals surface area contributed by atoms with Crippen molar-refractivity contribution in [2.24, 2.45) is 0 Å². The van der Waals surface area contributed by atoms with Gasteiger partial charge in [-0.25, -0.2) is 0 Å². The van der Waals surface area contributed by atoms with Crippen LogP contribution in [0.2, 0.25) is 0 Å². The molecule has 2 rings (SSSR count). The zero-order valence-electron chi connectivity index (χ0n) is 12.5. The third-order valence-corrected chi connectivity index (χ3v) is 4.15. The van der Waals surface area contributed by atoms with Crippen molar-refractivity contribution in [3.63, 3.8) is 0 Å². The predicted molar refractivity (Wildman–Crippen MR) is 78.8 cm³/mol. The number of hydrogen-bond acceptors (Lipinski definition) is 3. The van der Waals surface area contributed by atoms with Gasteiger partial charge in [0.25, 0.3) is 5.56 Å². The zero-order valence-corrected chi connectivity index (χ0v) is 12.5. The number of fused-ring (bicyclic) bond motifs is 1. The van der Waals surface area contributed by atoms with Crippen LogP contribution in [0.3, 0.4) is 0 Å². The standard InChI is InChI=1S/C15H23N3O2/c1-4-17(3)15(20)10-18-13-7-5-6-12(16-2)11(13)8-9-14(18)19/h8-9,12,16H,4-7,10H2,1-3H3. The van der Waals surface area contributed by atoms with Crippen molar-refractivity contribution in [1.29, 1.82) is 0 Å². The summed E-state index contributed by atoms with van der Waals surface area (Å²) in [7, 11) is 3.70. The van der Waals surface area contributed by atoms with E-state index >= 15 is 0 Å². The highest BCUT2D eigenvalue weighted by Crippen LogP contribution is 2.28. The van der Waals surface area contributed by atoms with E-state index in [0.29, 0.717) is 6.54 Å². The van der Waals surface area contributed by atoms with E-state index in [1.807, 2.05) is 20.0 Å². The fourth-order valence-electron chi connectivity index (χ4n) is 2.77. The lowest BCUT2D eigenvalue weighted by atomic mass is 9.91. The van der Waals surface area contributed by atoms with Gasteiger partial charge in [0.05, 0.1) is 0 Å². The molecule has 1 N–H and O–H groups in total. The first-order valence-electron chi connectivity index (χ1n) is 7.22. The van der Waals surface area contributed by atoms with Crippen LogP contribution < -0.4 is 10.9 Å². The van der Waals surface area contributed by atoms with Crippen molar-refractivity contribution in [3.05, 3.63) is 33.7 Å². The summed E-state index contributed by atoms with van der Waals surface area (Å²) in [5.74, 6) is -0.0189. The van der Waals surface area contributed by atoms with Crippen LogP contribution in [-0.2, 0) is 17.8 Å². The van der Waals surface area contributed by atoms with Gasteiger partial charge in [0, 0.05) is 31.4 Å². The Morgan fingerprint density at radius 2 is 2.25 bits per heavy atom. The lowest BCUT2D eigenvalue weighted by Crippen LogP contribution is -2.37. The first-order valence-corrected chi connectivity index (χ1v) is 7.22. The number of likely N-dealkylation sites (N-methyl/N-ethyl adjacent to an activating group) is 1. The van der Waals surface area contributed by atoms with Gasteiger partial charge in [-0.3, -0.25) is 9.59 Å². The summed E-state index contributed by atoms with van der Waals surface area (Å²) in [6.07, 6.45) is 2.98. The van der Waals surface area contributed by atoms with Gasteiger partial charge >= 0.3 is 0 Å². The summed E-state index contributed by atoms with van der Waals surface area (Å²) in [4.78, 5) is 25.8. The number of carbonyl (C=O) groups is 1. The molecule has 0 aliphatic heterocycles. The molecule has 1 heterocycles. The Hall–Kier alpha value is -1.62. The minimum atomic E-state index is -0.0849. The van der Waals surface area contributed by atoms with Crippen molar-refractivity contribution in [3.8, 4) is 0 Å². The second-order valence-corrected chi connectivity index (χ2v) is 5.30. The van der Waals surface area contributed by atoms with Crippen LogP contribution in [0.5, 0.6) is 0 Å². The van der Waals surface area contributed by atoms with Crippen LogP contribution in [-0.4, -0.2) is 36.0 Å². The van der Waals surface area contributed by atoms with Gasteiger partial charge < -0.3 is 14.8 Å². The smallest absolute Gasteiger partial charge is 0.251 e. The second kappa shape index (κ2) is 6.22. The molecule has 0 saturated carbocycles. The van der Waals surface area contributed by atoms with E-state index in [1.54, 1.807) is 22.6 Å². The number of nitrogens with zero attached hydrogens (tertiary/aromatic N) is 2. The molecule has 110 valence electrons. The van der Waals surface area contributed by atoms with E-state index in [1.165, 1.54) is 0 Å². The van der Waals surface area contributed by atoms with Gasteiger partial charge in [-0.15, -0.1) is 0 Å². The maximum Gasteiger partial charge on any atom is 0.251 e. The fraction of sp³-hybridized carbons (Fsp3) is 0.600. The Bertz CT molecular complexity index is 551. The Kier molecular flexibility index (Phi) is 4.60. The molecule has 0 fully saturated rings. The molecule has 1 atom stereocenters. The highest BCUT2D eigenvalue weighted by molar-refractivity contribution is 5.75. The highest BCUT2D eigenvalue weighted by Gasteiger charge is 2.23. The highest BCUT2D eigenvalue weighted by atomic mass is 16.2. The SMILES string of the molecule is CCN(C)C(=O)Cn1c2c(ccc1=O)C(NC)CCC2. The molecule has 0 saturated heterocycles. The summed E-state index contributed by atoms with van der Waals surface area (Å²) in [5, 5.41) is 3.28. The third kappa shape index (κ3) is 2.77. The molecule has 1 unspecified atom stereocenters. The van der Waals surface area contributed by atoms with E-state index in [2.05, 4.69) is 5.32 Å². The van der Waals surface area contributed by atoms with Crippen LogP contribution >= 0.6 is 0 Å². The lowest BCUT2D eigenvalue weighted by molar-refractivity contribution is -0.130. The normalized spacial score (nSPS) is 17.6. The number of pyridine rings is 1. The summed E-state index contributed by atoms with van der Waals surface area (Å²) in [5.41, 5.74) is 2.09. The van der Waals surface area contributed by atoms with Gasteiger partial charge in [-0.1, -0.05) is 6.07 Å². The molecule has 1 aromatic rings. The quantitative estimate of drug-likeness (QED) is 0.890. The van der Waals surface area contributed by atoms with E-state index in [-0.39, 0.29) is 24.1 Å². The molecule has 5 nitrogen and oxygen atoms in total. The largest absolute Gasteiger partial charge is 0.344 e. The molecular formula is C15H23N3O2. The van der Waals surface area contributed by atoms with Crippen LogP contribution in [0, 0.1) is 0 Å². The Morgan fingerprint density at radius 3 is 2.90 bits per heavy atom.